The Morgan fingerprint density at radius 1 is 1.31 bits per heavy atom. The number of hydrogen-bond donors (Lipinski definition) is 0. The van der Waals surface area contributed by atoms with Crippen LogP contribution in [0.3, 0.4) is 0 Å². The Morgan fingerprint density at radius 3 is 2.77 bits per heavy atom. The first-order valence-corrected chi connectivity index (χ1v) is 6.49. The van der Waals surface area contributed by atoms with E-state index in [1.807, 2.05) is 11.3 Å². The van der Waals surface area contributed by atoms with Gasteiger partial charge in [-0.1, -0.05) is 28.9 Å². The highest BCUT2D eigenvalue weighted by Gasteiger charge is 2.07. The number of halogens is 2. The highest BCUT2D eigenvalue weighted by Crippen LogP contribution is 2.36. The minimum absolute atomic E-state index is 1.09. The Labute approximate surface area is 98.2 Å². The Bertz CT molecular complexity index is 445. The molecule has 1 heterocycles. The Morgan fingerprint density at radius 2 is 2.08 bits per heavy atom. The molecule has 0 amide bonds. The average molecular weight is 320 g/mol. The van der Waals surface area contributed by atoms with Crippen LogP contribution < -0.4 is 0 Å². The summed E-state index contributed by atoms with van der Waals surface area (Å²) < 4.78 is 3.76. The van der Waals surface area contributed by atoms with Gasteiger partial charge < -0.3 is 0 Å². The summed E-state index contributed by atoms with van der Waals surface area (Å²) >= 11 is 8.97. The van der Waals surface area contributed by atoms with E-state index in [9.17, 15) is 0 Å². The van der Waals surface area contributed by atoms with Crippen molar-refractivity contribution in [2.75, 3.05) is 0 Å². The van der Waals surface area contributed by atoms with Crippen molar-refractivity contribution in [2.45, 2.75) is 13.3 Å². The summed E-state index contributed by atoms with van der Waals surface area (Å²) in [4.78, 5) is 1.42. The van der Waals surface area contributed by atoms with Crippen molar-refractivity contribution in [3.8, 4) is 0 Å². The molecular weight excluding hydrogens is 312 g/mol. The quantitative estimate of drug-likeness (QED) is 0.694. The first kappa shape index (κ1) is 9.69. The highest BCUT2D eigenvalue weighted by atomic mass is 79.9. The van der Waals surface area contributed by atoms with Crippen molar-refractivity contribution >= 4 is 53.3 Å². The largest absolute Gasteiger partial charge is 0.139 e. The predicted molar refractivity (Wildman–Crippen MR) is 66.6 cm³/mol. The van der Waals surface area contributed by atoms with Crippen LogP contribution in [-0.2, 0) is 6.42 Å². The molecule has 0 bridgehead atoms. The maximum Gasteiger partial charge on any atom is 0.0393 e. The zero-order valence-corrected chi connectivity index (χ0v) is 11.1. The van der Waals surface area contributed by atoms with Gasteiger partial charge in [0.25, 0.3) is 0 Å². The lowest BCUT2D eigenvalue weighted by Crippen LogP contribution is -1.70. The lowest BCUT2D eigenvalue weighted by molar-refractivity contribution is 1.18. The van der Waals surface area contributed by atoms with Gasteiger partial charge in [0.15, 0.2) is 0 Å². The minimum atomic E-state index is 1.09. The third-order valence-electron chi connectivity index (χ3n) is 1.98. The molecule has 0 fully saturated rings. The monoisotopic (exact) mass is 318 g/mol. The van der Waals surface area contributed by atoms with Crippen LogP contribution in [0.5, 0.6) is 0 Å². The van der Waals surface area contributed by atoms with E-state index in [0.29, 0.717) is 0 Å². The smallest absolute Gasteiger partial charge is 0.0393 e. The van der Waals surface area contributed by atoms with Crippen molar-refractivity contribution < 1.29 is 0 Å². The molecule has 0 nitrogen and oxygen atoms in total. The Hall–Kier alpha value is 0.140. The molecule has 1 aromatic carbocycles. The van der Waals surface area contributed by atoms with E-state index >= 15 is 0 Å². The fraction of sp³-hybridized carbons (Fsp3) is 0.200. The van der Waals surface area contributed by atoms with Gasteiger partial charge in [-0.05, 0) is 34.5 Å². The molecule has 2 rings (SSSR count). The number of aryl methyl sites for hydroxylation is 1. The maximum absolute atomic E-state index is 3.63. The second-order valence-electron chi connectivity index (χ2n) is 2.83. The topological polar surface area (TPSA) is 0 Å². The normalized spacial score (nSPS) is 11.0. The summed E-state index contributed by atoms with van der Waals surface area (Å²) in [5.74, 6) is 0. The molecule has 3 heteroatoms. The number of rotatable bonds is 1. The van der Waals surface area contributed by atoms with Crippen LogP contribution in [0.4, 0.5) is 0 Å². The first-order chi connectivity index (χ1) is 6.22. The van der Waals surface area contributed by atoms with Crippen LogP contribution in [-0.4, -0.2) is 0 Å². The molecule has 0 aliphatic rings. The molecule has 68 valence electrons. The molecule has 0 radical (unpaired) electrons. The highest BCUT2D eigenvalue weighted by molar-refractivity contribution is 9.11. The first-order valence-electron chi connectivity index (χ1n) is 4.08. The van der Waals surface area contributed by atoms with E-state index in [1.165, 1.54) is 19.4 Å². The molecule has 0 saturated heterocycles. The van der Waals surface area contributed by atoms with Gasteiger partial charge in [0, 0.05) is 23.9 Å². The predicted octanol–water partition coefficient (Wildman–Crippen LogP) is 4.99. The number of fused-ring (bicyclic) bond motifs is 1. The number of benzene rings is 1. The summed E-state index contributed by atoms with van der Waals surface area (Å²) in [5, 5.41) is 1.32. The van der Waals surface area contributed by atoms with E-state index in [2.05, 4.69) is 57.0 Å². The van der Waals surface area contributed by atoms with Gasteiger partial charge >= 0.3 is 0 Å². The summed E-state index contributed by atoms with van der Waals surface area (Å²) in [6.45, 7) is 2.19. The standard InChI is InChI=1S/C10H8Br2S/c1-2-8-10(12)7-4-3-6(11)5-9(7)13-8/h3-5H,2H2,1H3. The Kier molecular flexibility index (Phi) is 2.77. The Balaban J connectivity index is 2.76. The maximum atomic E-state index is 3.63. The lowest BCUT2D eigenvalue weighted by atomic mass is 10.2. The van der Waals surface area contributed by atoms with Crippen molar-refractivity contribution in [3.63, 3.8) is 0 Å². The fourth-order valence-electron chi connectivity index (χ4n) is 1.32. The summed E-state index contributed by atoms with van der Waals surface area (Å²) in [5.41, 5.74) is 0. The van der Waals surface area contributed by atoms with Gasteiger partial charge in [-0.2, -0.15) is 0 Å². The average Bonchev–Trinajstić information content (AvgIpc) is 2.42. The molecule has 0 atom stereocenters. The minimum Gasteiger partial charge on any atom is -0.139 e. The van der Waals surface area contributed by atoms with Crippen LogP contribution in [0.25, 0.3) is 10.1 Å². The summed E-state index contributed by atoms with van der Waals surface area (Å²) in [6.07, 6.45) is 1.09. The molecule has 0 N–H and O–H groups in total. The molecule has 0 unspecified atom stereocenters. The molecule has 0 aliphatic heterocycles. The van der Waals surface area contributed by atoms with Crippen molar-refractivity contribution in [3.05, 3.63) is 32.0 Å². The van der Waals surface area contributed by atoms with Crippen molar-refractivity contribution in [1.82, 2.24) is 0 Å². The summed E-state index contributed by atoms with van der Waals surface area (Å²) in [7, 11) is 0. The molecule has 2 aromatic rings. The number of hydrogen-bond acceptors (Lipinski definition) is 1. The van der Waals surface area contributed by atoms with Crippen molar-refractivity contribution in [1.29, 1.82) is 0 Å². The van der Waals surface area contributed by atoms with Crippen molar-refractivity contribution in [2.24, 2.45) is 0 Å². The van der Waals surface area contributed by atoms with Gasteiger partial charge in [-0.25, -0.2) is 0 Å². The van der Waals surface area contributed by atoms with Crippen LogP contribution in [0.2, 0.25) is 0 Å². The molecule has 0 spiro atoms. The van der Waals surface area contributed by atoms with Gasteiger partial charge in [-0.3, -0.25) is 0 Å². The van der Waals surface area contributed by atoms with E-state index in [1.54, 1.807) is 0 Å². The second-order valence-corrected chi connectivity index (χ2v) is 5.68. The molecule has 0 saturated carbocycles. The van der Waals surface area contributed by atoms with Crippen LogP contribution in [0, 0.1) is 0 Å². The van der Waals surface area contributed by atoms with E-state index in [-0.39, 0.29) is 0 Å². The third-order valence-corrected chi connectivity index (χ3v) is 4.94. The summed E-state index contributed by atoms with van der Waals surface area (Å²) in [6, 6.07) is 6.41. The van der Waals surface area contributed by atoms with Crippen LogP contribution in [0.15, 0.2) is 27.1 Å². The van der Waals surface area contributed by atoms with Gasteiger partial charge in [0.1, 0.15) is 0 Å². The zero-order valence-electron chi connectivity index (χ0n) is 7.10. The van der Waals surface area contributed by atoms with Gasteiger partial charge in [0.2, 0.25) is 0 Å². The van der Waals surface area contributed by atoms with Crippen LogP contribution >= 0.6 is 43.2 Å². The van der Waals surface area contributed by atoms with E-state index in [4.69, 9.17) is 0 Å². The van der Waals surface area contributed by atoms with E-state index < -0.39 is 0 Å². The molecule has 1 aromatic heterocycles. The van der Waals surface area contributed by atoms with Crippen LogP contribution in [0.1, 0.15) is 11.8 Å². The molecule has 13 heavy (non-hydrogen) atoms. The fourth-order valence-corrected chi connectivity index (χ4v) is 3.91. The van der Waals surface area contributed by atoms with Gasteiger partial charge in [0.05, 0.1) is 0 Å². The molecule has 0 aliphatic carbocycles. The lowest BCUT2D eigenvalue weighted by Gasteiger charge is -1.91. The third kappa shape index (κ3) is 1.69. The second kappa shape index (κ2) is 3.71. The SMILES string of the molecule is CCc1sc2cc(Br)ccc2c1Br. The number of thiophene rings is 1. The zero-order chi connectivity index (χ0) is 9.42. The molecular formula is C10H8Br2S. The van der Waals surface area contributed by atoms with Gasteiger partial charge in [-0.15, -0.1) is 11.3 Å². The van der Waals surface area contributed by atoms with E-state index in [0.717, 1.165) is 10.9 Å².